The quantitative estimate of drug-likeness (QED) is 0.178. The van der Waals surface area contributed by atoms with Crippen LogP contribution in [0, 0.1) is 0 Å². The first-order valence-electron chi connectivity index (χ1n) is 8.46. The van der Waals surface area contributed by atoms with Crippen LogP contribution in [0.5, 0.6) is 0 Å². The molecule has 7 N–H and O–H groups in total. The number of hydrogen-bond donors (Lipinski definition) is 6. The summed E-state index contributed by atoms with van der Waals surface area (Å²) >= 11 is 5.84. The van der Waals surface area contributed by atoms with Crippen LogP contribution in [-0.2, 0) is 30.4 Å². The Kier molecular flexibility index (Phi) is 6.68. The van der Waals surface area contributed by atoms with Gasteiger partial charge in [0.15, 0.2) is 0 Å². The number of nitrogen functional groups attached to an aromatic ring is 1. The smallest absolute Gasteiger partial charge is 0.296 e. The van der Waals surface area contributed by atoms with Crippen LogP contribution in [0.1, 0.15) is 0 Å². The molecule has 0 saturated heterocycles. The summed E-state index contributed by atoms with van der Waals surface area (Å²) in [5, 5.41) is 4.48. The second-order valence-corrected chi connectivity index (χ2v) is 10.9. The Hall–Kier alpha value is -3.13. The maximum atomic E-state index is 11.7. The van der Waals surface area contributed by atoms with Gasteiger partial charge < -0.3 is 16.4 Å². The number of rotatable bonds is 7. The molecular formula is C15H13ClN6O9S3. The van der Waals surface area contributed by atoms with Crippen molar-refractivity contribution in [2.24, 2.45) is 0 Å². The van der Waals surface area contributed by atoms with E-state index in [-0.39, 0.29) is 17.3 Å². The molecule has 0 atom stereocenters. The summed E-state index contributed by atoms with van der Waals surface area (Å²) in [4.78, 5) is 9.27. The third-order valence-electron chi connectivity index (χ3n) is 3.93. The molecule has 1 heterocycles. The zero-order valence-corrected chi connectivity index (χ0v) is 19.5. The van der Waals surface area contributed by atoms with Crippen LogP contribution < -0.4 is 16.4 Å². The van der Waals surface area contributed by atoms with Gasteiger partial charge in [0.2, 0.25) is 17.2 Å². The van der Waals surface area contributed by atoms with Crippen LogP contribution in [0.15, 0.2) is 51.1 Å². The molecule has 34 heavy (non-hydrogen) atoms. The standard InChI is InChI=1S/C15H13ClN6O9S3/c16-13-20-14(18-7-1-3-9(17)12(5-7)34(29,30)31)22-15(21-13)19-10-6-8(32(23,24)25)2-4-11(10)33(26,27)28/h1-6H,17H2,(H,23,24,25)(H,26,27,28)(H,29,30,31)(H2,18,19,20,21,22). The molecule has 182 valence electrons. The van der Waals surface area contributed by atoms with E-state index in [1.165, 1.54) is 12.1 Å². The van der Waals surface area contributed by atoms with Gasteiger partial charge in [0.1, 0.15) is 9.79 Å². The molecule has 0 amide bonds. The lowest BCUT2D eigenvalue weighted by Gasteiger charge is -2.12. The summed E-state index contributed by atoms with van der Waals surface area (Å²) in [5.74, 6) is -0.738. The number of nitrogens with one attached hydrogen (secondary N) is 2. The molecule has 1 aromatic heterocycles. The van der Waals surface area contributed by atoms with E-state index < -0.39 is 62.0 Å². The van der Waals surface area contributed by atoms with Crippen molar-refractivity contribution in [1.29, 1.82) is 0 Å². The van der Waals surface area contributed by atoms with Gasteiger partial charge in [-0.15, -0.1) is 0 Å². The fourth-order valence-corrected chi connectivity index (χ4v) is 4.48. The first-order valence-corrected chi connectivity index (χ1v) is 13.2. The van der Waals surface area contributed by atoms with Crippen LogP contribution in [0.4, 0.5) is 29.0 Å². The van der Waals surface area contributed by atoms with E-state index in [0.29, 0.717) is 12.1 Å². The van der Waals surface area contributed by atoms with Gasteiger partial charge in [0.05, 0.1) is 16.3 Å². The molecule has 0 bridgehead atoms. The highest BCUT2D eigenvalue weighted by Crippen LogP contribution is 2.28. The summed E-state index contributed by atoms with van der Waals surface area (Å²) < 4.78 is 96.8. The Bertz CT molecular complexity index is 1610. The van der Waals surface area contributed by atoms with Crippen LogP contribution in [0.2, 0.25) is 5.28 Å². The molecular weight excluding hydrogens is 540 g/mol. The zero-order valence-electron chi connectivity index (χ0n) is 16.3. The Morgan fingerprint density at radius 3 is 1.88 bits per heavy atom. The minimum atomic E-state index is -4.86. The van der Waals surface area contributed by atoms with Crippen molar-refractivity contribution in [1.82, 2.24) is 15.0 Å². The van der Waals surface area contributed by atoms with Crippen LogP contribution in [0.25, 0.3) is 0 Å². The molecule has 0 unspecified atom stereocenters. The minimum Gasteiger partial charge on any atom is -0.398 e. The summed E-state index contributed by atoms with van der Waals surface area (Å²) in [6.45, 7) is 0. The number of halogens is 1. The number of nitrogens with two attached hydrogens (primary N) is 1. The largest absolute Gasteiger partial charge is 0.398 e. The minimum absolute atomic E-state index is 0.0436. The van der Waals surface area contributed by atoms with Gasteiger partial charge in [-0.3, -0.25) is 13.7 Å². The zero-order chi connectivity index (χ0) is 25.5. The molecule has 0 fully saturated rings. The van der Waals surface area contributed by atoms with E-state index in [2.05, 4.69) is 25.6 Å². The van der Waals surface area contributed by atoms with Gasteiger partial charge in [-0.2, -0.15) is 40.2 Å². The molecule has 0 radical (unpaired) electrons. The second kappa shape index (κ2) is 8.91. The Labute approximate surface area is 197 Å². The monoisotopic (exact) mass is 552 g/mol. The lowest BCUT2D eigenvalue weighted by Crippen LogP contribution is -2.09. The SMILES string of the molecule is Nc1ccc(Nc2nc(Cl)nc(Nc3cc(S(=O)(=O)O)ccc3S(=O)(=O)O)n2)cc1S(=O)(=O)O. The highest BCUT2D eigenvalue weighted by atomic mass is 35.5. The third kappa shape index (κ3) is 6.05. The van der Waals surface area contributed by atoms with E-state index in [0.717, 1.165) is 12.1 Å². The maximum Gasteiger partial charge on any atom is 0.296 e. The van der Waals surface area contributed by atoms with Crippen LogP contribution in [-0.4, -0.2) is 53.9 Å². The molecule has 15 nitrogen and oxygen atoms in total. The summed E-state index contributed by atoms with van der Waals surface area (Å²) in [7, 11) is -14.2. The van der Waals surface area contributed by atoms with Crippen molar-refractivity contribution in [2.45, 2.75) is 14.7 Å². The van der Waals surface area contributed by atoms with Crippen molar-refractivity contribution >= 4 is 70.9 Å². The summed E-state index contributed by atoms with van der Waals surface area (Å²) in [6.07, 6.45) is 0. The third-order valence-corrected chi connectivity index (χ3v) is 6.77. The molecule has 0 spiro atoms. The van der Waals surface area contributed by atoms with Gasteiger partial charge in [-0.05, 0) is 48.0 Å². The van der Waals surface area contributed by atoms with Gasteiger partial charge in [0, 0.05) is 5.69 Å². The molecule has 3 aromatic rings. The molecule has 3 rings (SSSR count). The molecule has 2 aromatic carbocycles. The van der Waals surface area contributed by atoms with E-state index in [4.69, 9.17) is 17.3 Å². The molecule has 0 aliphatic heterocycles. The highest BCUT2D eigenvalue weighted by molar-refractivity contribution is 7.86. The first-order chi connectivity index (χ1) is 15.5. The van der Waals surface area contributed by atoms with Gasteiger partial charge in [-0.1, -0.05) is 0 Å². The lowest BCUT2D eigenvalue weighted by molar-refractivity contribution is 0.479. The topological polar surface area (TPSA) is 252 Å². The van der Waals surface area contributed by atoms with Crippen molar-refractivity contribution in [2.75, 3.05) is 16.4 Å². The number of hydrogen-bond acceptors (Lipinski definition) is 12. The van der Waals surface area contributed by atoms with Crippen molar-refractivity contribution in [3.63, 3.8) is 0 Å². The number of aromatic nitrogens is 3. The molecule has 19 heteroatoms. The predicted octanol–water partition coefficient (Wildman–Crippen LogP) is 1.33. The Balaban J connectivity index is 2.03. The van der Waals surface area contributed by atoms with Crippen LogP contribution >= 0.6 is 11.6 Å². The predicted molar refractivity (Wildman–Crippen MR) is 118 cm³/mol. The van der Waals surface area contributed by atoms with Gasteiger partial charge in [-0.25, -0.2) is 0 Å². The van der Waals surface area contributed by atoms with E-state index in [1.54, 1.807) is 0 Å². The fourth-order valence-electron chi connectivity index (χ4n) is 2.54. The molecule has 0 aliphatic rings. The highest BCUT2D eigenvalue weighted by Gasteiger charge is 2.21. The number of nitrogens with zero attached hydrogens (tertiary/aromatic N) is 3. The van der Waals surface area contributed by atoms with Crippen molar-refractivity contribution < 1.29 is 38.9 Å². The average Bonchev–Trinajstić information content (AvgIpc) is 2.66. The second-order valence-electron chi connectivity index (χ2n) is 6.34. The first kappa shape index (κ1) is 25.5. The fraction of sp³-hybridized carbons (Fsp3) is 0. The van der Waals surface area contributed by atoms with Crippen LogP contribution in [0.3, 0.4) is 0 Å². The summed E-state index contributed by atoms with van der Waals surface area (Å²) in [5.41, 5.74) is 4.80. The Morgan fingerprint density at radius 2 is 1.32 bits per heavy atom. The summed E-state index contributed by atoms with van der Waals surface area (Å²) in [6, 6.07) is 5.62. The average molecular weight is 553 g/mol. The van der Waals surface area contributed by atoms with E-state index in [1.807, 2.05) is 0 Å². The molecule has 0 aliphatic carbocycles. The number of anilines is 5. The maximum absolute atomic E-state index is 11.7. The Morgan fingerprint density at radius 1 is 0.735 bits per heavy atom. The lowest BCUT2D eigenvalue weighted by atomic mass is 10.3. The van der Waals surface area contributed by atoms with E-state index >= 15 is 0 Å². The van der Waals surface area contributed by atoms with E-state index in [9.17, 15) is 38.9 Å². The molecule has 0 saturated carbocycles. The number of benzene rings is 2. The van der Waals surface area contributed by atoms with Crippen molar-refractivity contribution in [3.8, 4) is 0 Å². The van der Waals surface area contributed by atoms with Crippen molar-refractivity contribution in [3.05, 3.63) is 41.7 Å². The normalized spacial score (nSPS) is 12.4. The van der Waals surface area contributed by atoms with Gasteiger partial charge in [0.25, 0.3) is 30.4 Å². The van der Waals surface area contributed by atoms with Gasteiger partial charge >= 0.3 is 0 Å².